The van der Waals surface area contributed by atoms with Crippen LogP contribution in [0.4, 0.5) is 5.69 Å². The van der Waals surface area contributed by atoms with Gasteiger partial charge < -0.3 is 10.6 Å². The molecule has 1 aromatic carbocycles. The molecule has 3 rings (SSSR count). The molecule has 2 aromatic rings. The van der Waals surface area contributed by atoms with Gasteiger partial charge in [-0.2, -0.15) is 5.10 Å². The number of carbonyl (C=O) groups excluding carboxylic acids is 2. The molecule has 6 heteroatoms. The fourth-order valence-corrected chi connectivity index (χ4v) is 2.97. The van der Waals surface area contributed by atoms with Gasteiger partial charge in [0.05, 0.1) is 23.3 Å². The maximum Gasteiger partial charge on any atom is 0.228 e. The van der Waals surface area contributed by atoms with Crippen molar-refractivity contribution in [2.45, 2.75) is 33.6 Å². The van der Waals surface area contributed by atoms with Crippen LogP contribution in [0, 0.1) is 26.7 Å². The second kappa shape index (κ2) is 6.47. The van der Waals surface area contributed by atoms with E-state index in [2.05, 4.69) is 33.9 Å². The largest absolute Gasteiger partial charge is 0.356 e. The average molecular weight is 326 g/mol. The SMILES string of the molecule is Cc1ccc(C)c(-n2ncc(NC(=O)C3CCNC(=O)C3)c2C)c1. The van der Waals surface area contributed by atoms with Gasteiger partial charge in [0.2, 0.25) is 11.8 Å². The Morgan fingerprint density at radius 3 is 2.88 bits per heavy atom. The summed E-state index contributed by atoms with van der Waals surface area (Å²) >= 11 is 0. The van der Waals surface area contributed by atoms with Crippen LogP contribution in [-0.2, 0) is 9.59 Å². The molecule has 126 valence electrons. The number of amides is 2. The Balaban J connectivity index is 1.81. The first-order chi connectivity index (χ1) is 11.5. The van der Waals surface area contributed by atoms with Gasteiger partial charge in [-0.25, -0.2) is 4.68 Å². The molecule has 2 amide bonds. The molecular formula is C18H22N4O2. The molecule has 1 aromatic heterocycles. The molecule has 0 saturated carbocycles. The predicted molar refractivity (Wildman–Crippen MR) is 92.1 cm³/mol. The molecule has 0 bridgehead atoms. The Morgan fingerprint density at radius 1 is 1.33 bits per heavy atom. The van der Waals surface area contributed by atoms with Crippen LogP contribution >= 0.6 is 0 Å². The molecule has 24 heavy (non-hydrogen) atoms. The summed E-state index contributed by atoms with van der Waals surface area (Å²) in [6.07, 6.45) is 2.58. The maximum atomic E-state index is 12.4. The number of nitrogens with zero attached hydrogens (tertiary/aromatic N) is 2. The highest BCUT2D eigenvalue weighted by Crippen LogP contribution is 2.23. The summed E-state index contributed by atoms with van der Waals surface area (Å²) in [7, 11) is 0. The van der Waals surface area contributed by atoms with Crippen LogP contribution in [0.3, 0.4) is 0 Å². The van der Waals surface area contributed by atoms with E-state index < -0.39 is 0 Å². The molecule has 0 aliphatic carbocycles. The lowest BCUT2D eigenvalue weighted by Crippen LogP contribution is -2.38. The van der Waals surface area contributed by atoms with Crippen LogP contribution in [0.15, 0.2) is 24.4 Å². The van der Waals surface area contributed by atoms with E-state index in [4.69, 9.17) is 0 Å². The predicted octanol–water partition coefficient (Wildman–Crippen LogP) is 2.26. The molecule has 0 spiro atoms. The summed E-state index contributed by atoms with van der Waals surface area (Å²) < 4.78 is 1.84. The summed E-state index contributed by atoms with van der Waals surface area (Å²) in [5, 5.41) is 10.1. The summed E-state index contributed by atoms with van der Waals surface area (Å²) in [6, 6.07) is 6.20. The van der Waals surface area contributed by atoms with Crippen LogP contribution in [0.2, 0.25) is 0 Å². The van der Waals surface area contributed by atoms with Crippen LogP contribution in [0.25, 0.3) is 5.69 Å². The van der Waals surface area contributed by atoms with Crippen molar-refractivity contribution in [1.82, 2.24) is 15.1 Å². The molecule has 1 aliphatic rings. The minimum absolute atomic E-state index is 0.0656. The van der Waals surface area contributed by atoms with Gasteiger partial charge in [-0.1, -0.05) is 12.1 Å². The monoisotopic (exact) mass is 326 g/mol. The molecule has 1 saturated heterocycles. The minimum atomic E-state index is -0.276. The van der Waals surface area contributed by atoms with E-state index in [1.165, 1.54) is 0 Å². The van der Waals surface area contributed by atoms with Gasteiger partial charge in [0.25, 0.3) is 0 Å². The van der Waals surface area contributed by atoms with Crippen molar-refractivity contribution in [2.75, 3.05) is 11.9 Å². The Morgan fingerprint density at radius 2 is 2.12 bits per heavy atom. The normalized spacial score (nSPS) is 17.5. The van der Waals surface area contributed by atoms with Gasteiger partial charge in [-0.05, 0) is 44.4 Å². The third kappa shape index (κ3) is 3.18. The Hall–Kier alpha value is -2.63. The van der Waals surface area contributed by atoms with Crippen LogP contribution in [-0.4, -0.2) is 28.1 Å². The second-order valence-corrected chi connectivity index (χ2v) is 6.37. The molecule has 2 heterocycles. The highest BCUT2D eigenvalue weighted by atomic mass is 16.2. The third-order valence-corrected chi connectivity index (χ3v) is 4.48. The standard InChI is InChI=1S/C18H22N4O2/c1-11-4-5-12(2)16(8-11)22-13(3)15(10-20-22)21-18(24)14-6-7-19-17(23)9-14/h4-5,8,10,14H,6-7,9H2,1-3H3,(H,19,23)(H,21,24). The third-order valence-electron chi connectivity index (χ3n) is 4.48. The molecule has 1 fully saturated rings. The fourth-order valence-electron chi connectivity index (χ4n) is 2.97. The topological polar surface area (TPSA) is 76.0 Å². The smallest absolute Gasteiger partial charge is 0.228 e. The van der Waals surface area contributed by atoms with E-state index in [0.717, 1.165) is 22.5 Å². The van der Waals surface area contributed by atoms with Gasteiger partial charge in [-0.15, -0.1) is 0 Å². The number of anilines is 1. The molecule has 1 atom stereocenters. The molecule has 1 unspecified atom stereocenters. The minimum Gasteiger partial charge on any atom is -0.356 e. The summed E-state index contributed by atoms with van der Waals surface area (Å²) in [6.45, 7) is 6.56. The number of piperidine rings is 1. The number of aromatic nitrogens is 2. The first-order valence-corrected chi connectivity index (χ1v) is 8.15. The van der Waals surface area contributed by atoms with Gasteiger partial charge in [0.1, 0.15) is 0 Å². The Kier molecular flexibility index (Phi) is 4.38. The molecule has 0 radical (unpaired) electrons. The van der Waals surface area contributed by atoms with Gasteiger partial charge in [0.15, 0.2) is 0 Å². The molecule has 1 aliphatic heterocycles. The van der Waals surface area contributed by atoms with Crippen molar-refractivity contribution in [3.63, 3.8) is 0 Å². The summed E-state index contributed by atoms with van der Waals surface area (Å²) in [5.74, 6) is -0.458. The van der Waals surface area contributed by atoms with E-state index in [1.54, 1.807) is 6.20 Å². The van der Waals surface area contributed by atoms with Crippen LogP contribution in [0.1, 0.15) is 29.7 Å². The first-order valence-electron chi connectivity index (χ1n) is 8.15. The van der Waals surface area contributed by atoms with Crippen molar-refractivity contribution < 1.29 is 9.59 Å². The van der Waals surface area contributed by atoms with Crippen LogP contribution < -0.4 is 10.6 Å². The van der Waals surface area contributed by atoms with Gasteiger partial charge >= 0.3 is 0 Å². The Bertz CT molecular complexity index is 794. The van der Waals surface area contributed by atoms with Gasteiger partial charge in [0, 0.05) is 18.9 Å². The average Bonchev–Trinajstić information content (AvgIpc) is 2.90. The summed E-state index contributed by atoms with van der Waals surface area (Å²) in [5.41, 5.74) is 4.84. The van der Waals surface area contributed by atoms with E-state index in [1.807, 2.05) is 25.5 Å². The number of nitrogens with one attached hydrogen (secondary N) is 2. The maximum absolute atomic E-state index is 12.4. The number of aryl methyl sites for hydroxylation is 2. The first kappa shape index (κ1) is 16.2. The summed E-state index contributed by atoms with van der Waals surface area (Å²) in [4.78, 5) is 23.9. The van der Waals surface area contributed by atoms with E-state index >= 15 is 0 Å². The molecular weight excluding hydrogens is 304 g/mol. The fraction of sp³-hybridized carbons (Fsp3) is 0.389. The lowest BCUT2D eigenvalue weighted by Gasteiger charge is -2.21. The zero-order valence-corrected chi connectivity index (χ0v) is 14.2. The lowest BCUT2D eigenvalue weighted by atomic mass is 9.96. The van der Waals surface area contributed by atoms with Crippen molar-refractivity contribution in [2.24, 2.45) is 5.92 Å². The van der Waals surface area contributed by atoms with Crippen molar-refractivity contribution in [3.8, 4) is 5.69 Å². The van der Waals surface area contributed by atoms with Crippen molar-refractivity contribution in [1.29, 1.82) is 0 Å². The van der Waals surface area contributed by atoms with E-state index in [-0.39, 0.29) is 24.2 Å². The second-order valence-electron chi connectivity index (χ2n) is 6.37. The molecule has 6 nitrogen and oxygen atoms in total. The lowest BCUT2D eigenvalue weighted by molar-refractivity contribution is -0.129. The zero-order chi connectivity index (χ0) is 17.3. The van der Waals surface area contributed by atoms with Crippen molar-refractivity contribution in [3.05, 3.63) is 41.2 Å². The zero-order valence-electron chi connectivity index (χ0n) is 14.2. The highest BCUT2D eigenvalue weighted by Gasteiger charge is 2.26. The van der Waals surface area contributed by atoms with Gasteiger partial charge in [-0.3, -0.25) is 9.59 Å². The van der Waals surface area contributed by atoms with E-state index in [0.29, 0.717) is 18.7 Å². The van der Waals surface area contributed by atoms with Crippen molar-refractivity contribution >= 4 is 17.5 Å². The number of hydrogen-bond donors (Lipinski definition) is 2. The number of carbonyl (C=O) groups is 2. The molecule has 2 N–H and O–H groups in total. The van der Waals surface area contributed by atoms with E-state index in [9.17, 15) is 9.59 Å². The van der Waals surface area contributed by atoms with Crippen LogP contribution in [0.5, 0.6) is 0 Å². The number of hydrogen-bond acceptors (Lipinski definition) is 3. The highest BCUT2D eigenvalue weighted by molar-refractivity contribution is 5.96. The number of benzene rings is 1. The Labute approximate surface area is 141 Å². The number of rotatable bonds is 3. The quantitative estimate of drug-likeness (QED) is 0.908.